The molecule has 136 valence electrons. The smallest absolute Gasteiger partial charge is 0.271 e. The number of nitrogens with one attached hydrogen (secondary N) is 2. The average molecular weight is 377 g/mol. The van der Waals surface area contributed by atoms with E-state index in [2.05, 4.69) is 10.6 Å². The van der Waals surface area contributed by atoms with Crippen molar-refractivity contribution in [3.05, 3.63) is 64.0 Å². The molecule has 2 N–H and O–H groups in total. The third-order valence-corrected chi connectivity index (χ3v) is 4.14. The van der Waals surface area contributed by atoms with Gasteiger partial charge in [-0.1, -0.05) is 12.1 Å². The second-order valence-electron chi connectivity index (χ2n) is 5.38. The molecule has 2 rings (SSSR count). The molecule has 26 heavy (non-hydrogen) atoms. The quantitative estimate of drug-likeness (QED) is 0.569. The standard InChI is InChI=1S/C17H16FN3O4S/c1-11-3-2-4-12(7-11)19-16(22)9-26-10-17(23)20-15-8-13(21(24)25)5-6-14(15)18/h2-8H,9-10H2,1H3,(H,19,22)(H,20,23). The molecule has 0 atom stereocenters. The highest BCUT2D eigenvalue weighted by Gasteiger charge is 2.13. The van der Waals surface area contributed by atoms with Gasteiger partial charge in [0.15, 0.2) is 0 Å². The summed E-state index contributed by atoms with van der Waals surface area (Å²) >= 11 is 1.05. The van der Waals surface area contributed by atoms with Gasteiger partial charge < -0.3 is 10.6 Å². The number of nitrogens with zero attached hydrogens (tertiary/aromatic N) is 1. The van der Waals surface area contributed by atoms with Crippen LogP contribution in [-0.4, -0.2) is 28.2 Å². The van der Waals surface area contributed by atoms with E-state index in [-0.39, 0.29) is 28.8 Å². The second-order valence-corrected chi connectivity index (χ2v) is 6.37. The Labute approximate surface area is 153 Å². The molecule has 0 unspecified atom stereocenters. The van der Waals surface area contributed by atoms with Gasteiger partial charge in [0.1, 0.15) is 5.82 Å². The van der Waals surface area contributed by atoms with Crippen molar-refractivity contribution in [1.82, 2.24) is 0 Å². The van der Waals surface area contributed by atoms with Gasteiger partial charge in [0.05, 0.1) is 22.1 Å². The minimum absolute atomic E-state index is 0.0405. The molecule has 0 heterocycles. The number of thioether (sulfide) groups is 1. The summed E-state index contributed by atoms with van der Waals surface area (Å²) in [7, 11) is 0. The van der Waals surface area contributed by atoms with Crippen LogP contribution in [0.25, 0.3) is 0 Å². The van der Waals surface area contributed by atoms with E-state index in [1.165, 1.54) is 0 Å². The fourth-order valence-electron chi connectivity index (χ4n) is 2.07. The lowest BCUT2D eigenvalue weighted by Gasteiger charge is -2.07. The zero-order valence-electron chi connectivity index (χ0n) is 13.8. The highest BCUT2D eigenvalue weighted by atomic mass is 32.2. The molecule has 2 aromatic rings. The third kappa shape index (κ3) is 5.85. The van der Waals surface area contributed by atoms with Crippen molar-refractivity contribution in [2.24, 2.45) is 0 Å². The van der Waals surface area contributed by atoms with Crippen molar-refractivity contribution in [1.29, 1.82) is 0 Å². The Balaban J connectivity index is 1.81. The van der Waals surface area contributed by atoms with Crippen LogP contribution in [0.3, 0.4) is 0 Å². The van der Waals surface area contributed by atoms with E-state index in [1.807, 2.05) is 25.1 Å². The van der Waals surface area contributed by atoms with Gasteiger partial charge >= 0.3 is 0 Å². The summed E-state index contributed by atoms with van der Waals surface area (Å²) in [5, 5.41) is 15.7. The van der Waals surface area contributed by atoms with Gasteiger partial charge in [0.25, 0.3) is 5.69 Å². The van der Waals surface area contributed by atoms with E-state index in [0.717, 1.165) is 35.5 Å². The first kappa shape index (κ1) is 19.4. The van der Waals surface area contributed by atoms with Gasteiger partial charge in [-0.05, 0) is 30.7 Å². The van der Waals surface area contributed by atoms with E-state index in [4.69, 9.17) is 0 Å². The van der Waals surface area contributed by atoms with Gasteiger partial charge in [-0.3, -0.25) is 19.7 Å². The van der Waals surface area contributed by atoms with Crippen LogP contribution in [0.15, 0.2) is 42.5 Å². The molecule has 0 spiro atoms. The zero-order valence-corrected chi connectivity index (χ0v) is 14.6. The molecular formula is C17H16FN3O4S. The Morgan fingerprint density at radius 2 is 1.81 bits per heavy atom. The van der Waals surface area contributed by atoms with Gasteiger partial charge in [0.2, 0.25) is 11.8 Å². The van der Waals surface area contributed by atoms with Crippen molar-refractivity contribution in [3.8, 4) is 0 Å². The van der Waals surface area contributed by atoms with Crippen molar-refractivity contribution in [2.75, 3.05) is 22.1 Å². The van der Waals surface area contributed by atoms with E-state index in [9.17, 15) is 24.1 Å². The molecule has 0 aliphatic rings. The van der Waals surface area contributed by atoms with E-state index in [0.29, 0.717) is 5.69 Å². The third-order valence-electron chi connectivity index (χ3n) is 3.20. The molecule has 0 fully saturated rings. The number of hydrogen-bond donors (Lipinski definition) is 2. The summed E-state index contributed by atoms with van der Waals surface area (Å²) in [6, 6.07) is 10.2. The second kappa shape index (κ2) is 8.95. The normalized spacial score (nSPS) is 10.2. The van der Waals surface area contributed by atoms with E-state index < -0.39 is 16.6 Å². The first-order valence-corrected chi connectivity index (χ1v) is 8.68. The largest absolute Gasteiger partial charge is 0.325 e. The highest BCUT2D eigenvalue weighted by Crippen LogP contribution is 2.21. The number of non-ortho nitro benzene ring substituents is 1. The number of halogens is 1. The first-order chi connectivity index (χ1) is 12.3. The van der Waals surface area contributed by atoms with Crippen LogP contribution in [0.2, 0.25) is 0 Å². The molecule has 0 aromatic heterocycles. The number of rotatable bonds is 7. The Bertz CT molecular complexity index is 845. The van der Waals surface area contributed by atoms with Crippen LogP contribution in [0.1, 0.15) is 5.56 Å². The minimum Gasteiger partial charge on any atom is -0.325 e. The average Bonchev–Trinajstić information content (AvgIpc) is 2.56. The number of nitro groups is 1. The minimum atomic E-state index is -0.772. The summed E-state index contributed by atoms with van der Waals surface area (Å²) in [5.41, 5.74) is 1.08. The molecule has 7 nitrogen and oxygen atoms in total. The molecular weight excluding hydrogens is 361 g/mol. The molecule has 0 saturated heterocycles. The number of anilines is 2. The Morgan fingerprint density at radius 3 is 2.46 bits per heavy atom. The topological polar surface area (TPSA) is 101 Å². The van der Waals surface area contributed by atoms with Crippen molar-refractivity contribution < 1.29 is 18.9 Å². The summed E-state index contributed by atoms with van der Waals surface area (Å²) in [5.74, 6) is -1.65. The van der Waals surface area contributed by atoms with Crippen LogP contribution in [0.4, 0.5) is 21.5 Å². The molecule has 0 radical (unpaired) electrons. The summed E-state index contributed by atoms with van der Waals surface area (Å²) in [6.45, 7) is 1.90. The Hall–Kier alpha value is -2.94. The van der Waals surface area contributed by atoms with Crippen molar-refractivity contribution in [3.63, 3.8) is 0 Å². The van der Waals surface area contributed by atoms with Gasteiger partial charge in [-0.2, -0.15) is 0 Å². The zero-order chi connectivity index (χ0) is 19.1. The molecule has 0 bridgehead atoms. The predicted octanol–water partition coefficient (Wildman–Crippen LogP) is 3.35. The van der Waals surface area contributed by atoms with E-state index >= 15 is 0 Å². The lowest BCUT2D eigenvalue weighted by Crippen LogP contribution is -2.19. The lowest BCUT2D eigenvalue weighted by molar-refractivity contribution is -0.384. The van der Waals surface area contributed by atoms with Crippen LogP contribution in [0.5, 0.6) is 0 Å². The number of amides is 2. The lowest BCUT2D eigenvalue weighted by atomic mass is 10.2. The van der Waals surface area contributed by atoms with Crippen LogP contribution < -0.4 is 10.6 Å². The maximum absolute atomic E-state index is 13.6. The number of carbonyl (C=O) groups excluding carboxylic acids is 2. The maximum atomic E-state index is 13.6. The summed E-state index contributed by atoms with van der Waals surface area (Å²) in [6.07, 6.45) is 0. The predicted molar refractivity (Wildman–Crippen MR) is 98.8 cm³/mol. The molecule has 0 aliphatic heterocycles. The molecule has 2 amide bonds. The molecule has 0 saturated carbocycles. The number of nitro benzene ring substituents is 1. The Morgan fingerprint density at radius 1 is 1.12 bits per heavy atom. The van der Waals surface area contributed by atoms with Gasteiger partial charge in [-0.15, -0.1) is 11.8 Å². The van der Waals surface area contributed by atoms with Crippen LogP contribution in [-0.2, 0) is 9.59 Å². The summed E-state index contributed by atoms with van der Waals surface area (Å²) in [4.78, 5) is 33.7. The maximum Gasteiger partial charge on any atom is 0.271 e. The van der Waals surface area contributed by atoms with Crippen LogP contribution in [0, 0.1) is 22.9 Å². The molecule has 9 heteroatoms. The fraction of sp³-hybridized carbons (Fsp3) is 0.176. The number of carbonyl (C=O) groups is 2. The molecule has 0 aliphatic carbocycles. The first-order valence-electron chi connectivity index (χ1n) is 7.53. The SMILES string of the molecule is Cc1cccc(NC(=O)CSCC(=O)Nc2cc([N+](=O)[O-])ccc2F)c1. The Kier molecular flexibility index (Phi) is 6.67. The van der Waals surface area contributed by atoms with Crippen molar-refractivity contribution >= 4 is 40.6 Å². The molecule has 2 aromatic carbocycles. The fourth-order valence-corrected chi connectivity index (χ4v) is 2.68. The van der Waals surface area contributed by atoms with Gasteiger partial charge in [-0.25, -0.2) is 4.39 Å². The number of hydrogen-bond acceptors (Lipinski definition) is 5. The van der Waals surface area contributed by atoms with Crippen LogP contribution >= 0.6 is 11.8 Å². The number of aryl methyl sites for hydroxylation is 1. The number of benzene rings is 2. The van der Waals surface area contributed by atoms with E-state index in [1.54, 1.807) is 6.07 Å². The summed E-state index contributed by atoms with van der Waals surface area (Å²) < 4.78 is 13.6. The van der Waals surface area contributed by atoms with Gasteiger partial charge in [0, 0.05) is 17.8 Å². The van der Waals surface area contributed by atoms with Crippen molar-refractivity contribution in [2.45, 2.75) is 6.92 Å². The highest BCUT2D eigenvalue weighted by molar-refractivity contribution is 8.00. The monoisotopic (exact) mass is 377 g/mol.